The molecule has 5 nitrogen and oxygen atoms in total. The zero-order valence-electron chi connectivity index (χ0n) is 12.2. The number of pyridine rings is 1. The van der Waals surface area contributed by atoms with Crippen molar-refractivity contribution in [1.29, 1.82) is 0 Å². The molecule has 3 aromatic heterocycles. The van der Waals surface area contributed by atoms with Gasteiger partial charge in [-0.05, 0) is 37.3 Å². The molecule has 4 rings (SSSR count). The Hall–Kier alpha value is -2.21. The fourth-order valence-electron chi connectivity index (χ4n) is 3.00. The Balaban J connectivity index is 1.95. The highest BCUT2D eigenvalue weighted by Crippen LogP contribution is 2.34. The van der Waals surface area contributed by atoms with Crippen molar-refractivity contribution < 1.29 is 0 Å². The van der Waals surface area contributed by atoms with Gasteiger partial charge in [-0.1, -0.05) is 0 Å². The molecule has 3 heterocycles. The van der Waals surface area contributed by atoms with E-state index < -0.39 is 0 Å². The lowest BCUT2D eigenvalue weighted by atomic mass is 9.97. The molecule has 0 spiro atoms. The first-order valence-corrected chi connectivity index (χ1v) is 8.17. The molecule has 0 bridgehead atoms. The van der Waals surface area contributed by atoms with Gasteiger partial charge in [0.2, 0.25) is 0 Å². The number of hydrogen-bond acceptors (Lipinski definition) is 4. The molecule has 0 aliphatic heterocycles. The van der Waals surface area contributed by atoms with Crippen LogP contribution in [0.2, 0.25) is 0 Å². The van der Waals surface area contributed by atoms with Crippen molar-refractivity contribution in [2.45, 2.75) is 25.7 Å². The van der Waals surface area contributed by atoms with Gasteiger partial charge in [-0.3, -0.25) is 9.59 Å². The highest BCUT2D eigenvalue weighted by Gasteiger charge is 2.20. The summed E-state index contributed by atoms with van der Waals surface area (Å²) in [5.41, 5.74) is 1.61. The van der Waals surface area contributed by atoms with E-state index >= 15 is 0 Å². The number of aryl methyl sites for hydroxylation is 3. The maximum atomic E-state index is 12.5. The van der Waals surface area contributed by atoms with E-state index in [1.807, 2.05) is 0 Å². The first-order valence-electron chi connectivity index (χ1n) is 7.35. The topological polar surface area (TPSA) is 67.8 Å². The Morgan fingerprint density at radius 2 is 2.09 bits per heavy atom. The van der Waals surface area contributed by atoms with Gasteiger partial charge in [-0.15, -0.1) is 11.3 Å². The molecule has 1 aliphatic carbocycles. The highest BCUT2D eigenvalue weighted by atomic mass is 32.1. The summed E-state index contributed by atoms with van der Waals surface area (Å²) in [4.78, 5) is 33.8. The molecule has 0 atom stereocenters. The minimum atomic E-state index is -0.120. The summed E-state index contributed by atoms with van der Waals surface area (Å²) in [5.74, 6) is 0.466. The maximum Gasteiger partial charge on any atom is 0.260 e. The molecule has 0 saturated carbocycles. The molecule has 112 valence electrons. The van der Waals surface area contributed by atoms with Gasteiger partial charge in [-0.25, -0.2) is 4.98 Å². The van der Waals surface area contributed by atoms with E-state index in [0.717, 1.165) is 29.5 Å². The van der Waals surface area contributed by atoms with Gasteiger partial charge >= 0.3 is 0 Å². The van der Waals surface area contributed by atoms with Crippen LogP contribution in [-0.2, 0) is 19.9 Å². The molecule has 3 aromatic rings. The second-order valence-corrected chi connectivity index (χ2v) is 6.75. The number of H-pyrrole nitrogens is 1. The van der Waals surface area contributed by atoms with Crippen LogP contribution in [0.25, 0.3) is 21.6 Å². The third-order valence-electron chi connectivity index (χ3n) is 4.20. The number of fused-ring (bicyclic) bond motifs is 3. The second kappa shape index (κ2) is 4.91. The van der Waals surface area contributed by atoms with E-state index in [0.29, 0.717) is 11.4 Å². The Bertz CT molecular complexity index is 997. The number of thiophene rings is 1. The molecule has 0 amide bonds. The van der Waals surface area contributed by atoms with Gasteiger partial charge in [0.25, 0.3) is 11.1 Å². The van der Waals surface area contributed by atoms with Crippen LogP contribution in [0, 0.1) is 0 Å². The zero-order chi connectivity index (χ0) is 15.3. The Labute approximate surface area is 130 Å². The van der Waals surface area contributed by atoms with E-state index in [4.69, 9.17) is 0 Å². The average molecular weight is 313 g/mol. The van der Waals surface area contributed by atoms with Crippen molar-refractivity contribution in [1.82, 2.24) is 14.5 Å². The van der Waals surface area contributed by atoms with Crippen LogP contribution in [0.15, 0.2) is 27.9 Å². The number of nitrogens with zero attached hydrogens (tertiary/aromatic N) is 2. The fourth-order valence-corrected chi connectivity index (χ4v) is 4.26. The van der Waals surface area contributed by atoms with Gasteiger partial charge in [0.15, 0.2) is 0 Å². The lowest BCUT2D eigenvalue weighted by Gasteiger charge is -2.09. The van der Waals surface area contributed by atoms with E-state index in [-0.39, 0.29) is 11.1 Å². The van der Waals surface area contributed by atoms with Crippen molar-refractivity contribution in [3.63, 3.8) is 0 Å². The minimum absolute atomic E-state index is 0.0972. The quantitative estimate of drug-likeness (QED) is 0.749. The third kappa shape index (κ3) is 2.02. The van der Waals surface area contributed by atoms with Crippen molar-refractivity contribution >= 4 is 21.6 Å². The van der Waals surface area contributed by atoms with Crippen LogP contribution in [0.1, 0.15) is 23.3 Å². The Morgan fingerprint density at radius 3 is 2.91 bits per heavy atom. The Kier molecular flexibility index (Phi) is 3.00. The van der Waals surface area contributed by atoms with Crippen molar-refractivity contribution in [3.05, 3.63) is 49.5 Å². The van der Waals surface area contributed by atoms with E-state index in [1.54, 1.807) is 30.6 Å². The van der Waals surface area contributed by atoms with Crippen molar-refractivity contribution in [2.24, 2.45) is 7.05 Å². The molecule has 0 aromatic carbocycles. The molecule has 22 heavy (non-hydrogen) atoms. The number of hydrogen-bond donors (Lipinski definition) is 1. The van der Waals surface area contributed by atoms with Gasteiger partial charge in [0.05, 0.1) is 5.39 Å². The predicted octanol–water partition coefficient (Wildman–Crippen LogP) is 2.23. The van der Waals surface area contributed by atoms with Crippen LogP contribution in [0.5, 0.6) is 0 Å². The number of rotatable bonds is 1. The largest absolute Gasteiger partial charge is 0.319 e. The number of nitrogens with one attached hydrogen (secondary N) is 1. The van der Waals surface area contributed by atoms with Crippen LogP contribution in [0.4, 0.5) is 0 Å². The van der Waals surface area contributed by atoms with Crippen LogP contribution < -0.4 is 11.1 Å². The van der Waals surface area contributed by atoms with E-state index in [1.165, 1.54) is 27.5 Å². The standard InChI is InChI=1S/C16H15N3O2S/c1-19-7-6-9(8-12(19)20)14-17-15(21)13-10-4-2-3-5-11(10)22-16(13)18-14/h6-8H,2-5H2,1H3,(H,17,18,21). The van der Waals surface area contributed by atoms with Gasteiger partial charge < -0.3 is 9.55 Å². The lowest BCUT2D eigenvalue weighted by Crippen LogP contribution is -2.16. The molecular formula is C16H15N3O2S. The predicted molar refractivity (Wildman–Crippen MR) is 87.6 cm³/mol. The average Bonchev–Trinajstić information content (AvgIpc) is 2.88. The molecule has 0 fully saturated rings. The zero-order valence-corrected chi connectivity index (χ0v) is 13.0. The van der Waals surface area contributed by atoms with Gasteiger partial charge in [0.1, 0.15) is 10.7 Å². The molecule has 6 heteroatoms. The Morgan fingerprint density at radius 1 is 1.27 bits per heavy atom. The highest BCUT2D eigenvalue weighted by molar-refractivity contribution is 7.18. The molecular weight excluding hydrogens is 298 g/mol. The third-order valence-corrected chi connectivity index (χ3v) is 5.39. The molecule has 0 unspecified atom stereocenters. The summed E-state index contributed by atoms with van der Waals surface area (Å²) in [6, 6.07) is 3.29. The summed E-state index contributed by atoms with van der Waals surface area (Å²) >= 11 is 1.62. The number of aromatic nitrogens is 3. The lowest BCUT2D eigenvalue weighted by molar-refractivity contribution is 0.700. The van der Waals surface area contributed by atoms with Crippen LogP contribution in [-0.4, -0.2) is 14.5 Å². The minimum Gasteiger partial charge on any atom is -0.319 e. The van der Waals surface area contributed by atoms with Crippen LogP contribution in [0.3, 0.4) is 0 Å². The second-order valence-electron chi connectivity index (χ2n) is 5.67. The molecule has 1 aliphatic rings. The number of aromatic amines is 1. The molecule has 1 N–H and O–H groups in total. The van der Waals surface area contributed by atoms with Crippen molar-refractivity contribution in [2.75, 3.05) is 0 Å². The summed E-state index contributed by atoms with van der Waals surface area (Å²) in [5, 5.41) is 0.743. The van der Waals surface area contributed by atoms with E-state index in [2.05, 4.69) is 9.97 Å². The summed E-state index contributed by atoms with van der Waals surface area (Å²) in [6.07, 6.45) is 6.00. The summed E-state index contributed by atoms with van der Waals surface area (Å²) in [6.45, 7) is 0. The SMILES string of the molecule is Cn1ccc(-c2nc3sc4c(c3c(=O)[nH]2)CCCC4)cc1=O. The van der Waals surface area contributed by atoms with Gasteiger partial charge in [0, 0.05) is 29.8 Å². The normalized spacial score (nSPS) is 14.2. The first kappa shape index (κ1) is 13.5. The monoisotopic (exact) mass is 313 g/mol. The van der Waals surface area contributed by atoms with Crippen LogP contribution >= 0.6 is 11.3 Å². The summed E-state index contributed by atoms with van der Waals surface area (Å²) in [7, 11) is 1.69. The summed E-state index contributed by atoms with van der Waals surface area (Å²) < 4.78 is 1.49. The smallest absolute Gasteiger partial charge is 0.260 e. The fraction of sp³-hybridized carbons (Fsp3) is 0.312. The molecule has 0 saturated heterocycles. The maximum absolute atomic E-state index is 12.5. The van der Waals surface area contributed by atoms with E-state index in [9.17, 15) is 9.59 Å². The molecule has 0 radical (unpaired) electrons. The first-order chi connectivity index (χ1) is 10.6. The van der Waals surface area contributed by atoms with Gasteiger partial charge in [-0.2, -0.15) is 0 Å². The van der Waals surface area contributed by atoms with Crippen molar-refractivity contribution in [3.8, 4) is 11.4 Å².